The topological polar surface area (TPSA) is 49.4 Å². The Balaban J connectivity index is 1.57. The highest BCUT2D eigenvalue weighted by atomic mass is 32.2. The number of amides is 2. The number of carbonyl (C=O) groups excluding carboxylic acids is 2. The van der Waals surface area contributed by atoms with E-state index in [4.69, 9.17) is 0 Å². The lowest BCUT2D eigenvalue weighted by molar-refractivity contribution is -0.142. The molecule has 0 aliphatic carbocycles. The van der Waals surface area contributed by atoms with Gasteiger partial charge >= 0.3 is 0 Å². The highest BCUT2D eigenvalue weighted by Gasteiger charge is 2.33. The summed E-state index contributed by atoms with van der Waals surface area (Å²) in [7, 11) is 0. The van der Waals surface area contributed by atoms with Gasteiger partial charge in [-0.05, 0) is 30.9 Å². The maximum absolute atomic E-state index is 12.7. The summed E-state index contributed by atoms with van der Waals surface area (Å²) in [5, 5.41) is 3.26. The Morgan fingerprint density at radius 3 is 2.48 bits per heavy atom. The fraction of sp³-hybridized carbons (Fsp3) is 0.600. The lowest BCUT2D eigenvalue weighted by atomic mass is 9.90. The van der Waals surface area contributed by atoms with E-state index >= 15 is 0 Å². The number of hydrogen-bond donors (Lipinski definition) is 1. The van der Waals surface area contributed by atoms with Gasteiger partial charge in [-0.25, -0.2) is 0 Å². The van der Waals surface area contributed by atoms with E-state index in [-0.39, 0.29) is 29.2 Å². The number of rotatable bonds is 2. The molecule has 2 aliphatic rings. The van der Waals surface area contributed by atoms with Crippen molar-refractivity contribution in [2.75, 3.05) is 18.8 Å². The van der Waals surface area contributed by atoms with Gasteiger partial charge in [0, 0.05) is 35.1 Å². The van der Waals surface area contributed by atoms with E-state index in [1.807, 2.05) is 43.5 Å². The predicted molar refractivity (Wildman–Crippen MR) is 101 cm³/mol. The Kier molecular flexibility index (Phi) is 5.42. The lowest BCUT2D eigenvalue weighted by Gasteiger charge is -2.36. The smallest absolute Gasteiger partial charge is 0.227 e. The van der Waals surface area contributed by atoms with Gasteiger partial charge in [0.2, 0.25) is 11.8 Å². The van der Waals surface area contributed by atoms with Crippen LogP contribution in [0.4, 0.5) is 0 Å². The number of carbonyl (C=O) groups is 2. The molecule has 4 nitrogen and oxygen atoms in total. The first-order valence-corrected chi connectivity index (χ1v) is 10.2. The van der Waals surface area contributed by atoms with Crippen LogP contribution in [0.3, 0.4) is 0 Å². The number of nitrogens with zero attached hydrogens (tertiary/aromatic N) is 1. The number of benzene rings is 1. The zero-order valence-electron chi connectivity index (χ0n) is 15.4. The molecule has 5 heteroatoms. The van der Waals surface area contributed by atoms with Gasteiger partial charge in [0.15, 0.2) is 0 Å². The molecule has 1 saturated heterocycles. The van der Waals surface area contributed by atoms with Crippen molar-refractivity contribution in [1.82, 2.24) is 10.2 Å². The van der Waals surface area contributed by atoms with Crippen LogP contribution in [0.5, 0.6) is 0 Å². The number of likely N-dealkylation sites (tertiary alicyclic amines) is 1. The van der Waals surface area contributed by atoms with E-state index in [1.54, 1.807) is 0 Å². The zero-order valence-corrected chi connectivity index (χ0v) is 16.2. The molecular weight excluding hydrogens is 332 g/mol. The predicted octanol–water partition coefficient (Wildman–Crippen LogP) is 3.62. The third kappa shape index (κ3) is 4.20. The molecule has 1 fully saturated rings. The summed E-state index contributed by atoms with van der Waals surface area (Å²) in [5.74, 6) is 1.39. The van der Waals surface area contributed by atoms with Crippen molar-refractivity contribution < 1.29 is 9.59 Å². The first-order valence-electron chi connectivity index (χ1n) is 9.18. The lowest BCUT2D eigenvalue weighted by Crippen LogP contribution is -2.47. The number of piperidine rings is 1. The Morgan fingerprint density at radius 1 is 1.12 bits per heavy atom. The quantitative estimate of drug-likeness (QED) is 0.876. The first kappa shape index (κ1) is 18.3. The van der Waals surface area contributed by atoms with Gasteiger partial charge in [0.1, 0.15) is 0 Å². The molecule has 0 spiro atoms. The van der Waals surface area contributed by atoms with E-state index < -0.39 is 0 Å². The largest absolute Gasteiger partial charge is 0.349 e. The molecule has 0 aromatic heterocycles. The molecule has 0 bridgehead atoms. The van der Waals surface area contributed by atoms with E-state index in [0.29, 0.717) is 13.1 Å². The van der Waals surface area contributed by atoms with Gasteiger partial charge in [-0.1, -0.05) is 39.0 Å². The Labute approximate surface area is 154 Å². The minimum Gasteiger partial charge on any atom is -0.349 e. The fourth-order valence-electron chi connectivity index (χ4n) is 3.60. The summed E-state index contributed by atoms with van der Waals surface area (Å²) in [4.78, 5) is 28.3. The summed E-state index contributed by atoms with van der Waals surface area (Å²) in [6, 6.07) is 8.48. The second-order valence-electron chi connectivity index (χ2n) is 8.05. The molecule has 1 aromatic carbocycles. The minimum atomic E-state index is -0.349. The van der Waals surface area contributed by atoms with Gasteiger partial charge in [-0.2, -0.15) is 0 Å². The number of nitrogens with one attached hydrogen (secondary N) is 1. The molecule has 136 valence electrons. The van der Waals surface area contributed by atoms with Gasteiger partial charge in [0.05, 0.1) is 6.04 Å². The van der Waals surface area contributed by atoms with E-state index in [2.05, 4.69) is 23.5 Å². The van der Waals surface area contributed by atoms with Crippen LogP contribution in [0, 0.1) is 11.3 Å². The summed E-state index contributed by atoms with van der Waals surface area (Å²) < 4.78 is 0. The van der Waals surface area contributed by atoms with Crippen molar-refractivity contribution in [3.8, 4) is 0 Å². The number of hydrogen-bond acceptors (Lipinski definition) is 3. The van der Waals surface area contributed by atoms with Crippen LogP contribution in [0.15, 0.2) is 29.2 Å². The van der Waals surface area contributed by atoms with E-state index in [9.17, 15) is 9.59 Å². The van der Waals surface area contributed by atoms with Crippen molar-refractivity contribution in [3.05, 3.63) is 29.8 Å². The molecule has 2 amide bonds. The van der Waals surface area contributed by atoms with Crippen LogP contribution in [-0.2, 0) is 9.59 Å². The summed E-state index contributed by atoms with van der Waals surface area (Å²) in [6.07, 6.45) is 2.50. The standard InChI is InChI=1S/C20H28N2O2S/c1-20(2,3)19(24)22-11-8-14(9-12-22)18(23)21-16-10-13-25-17-7-5-4-6-15(16)17/h4-7,14,16H,8-13H2,1-3H3,(H,21,23). The zero-order chi connectivity index (χ0) is 18.0. The Bertz CT molecular complexity index is 645. The molecule has 2 aliphatic heterocycles. The molecule has 1 unspecified atom stereocenters. The second-order valence-corrected chi connectivity index (χ2v) is 9.19. The third-order valence-electron chi connectivity index (χ3n) is 5.07. The Morgan fingerprint density at radius 2 is 1.80 bits per heavy atom. The molecule has 1 aromatic rings. The van der Waals surface area contributed by atoms with E-state index in [1.165, 1.54) is 10.5 Å². The maximum atomic E-state index is 12.7. The van der Waals surface area contributed by atoms with Crippen molar-refractivity contribution in [3.63, 3.8) is 0 Å². The van der Waals surface area contributed by atoms with Crippen molar-refractivity contribution in [1.29, 1.82) is 0 Å². The van der Waals surface area contributed by atoms with Gasteiger partial charge < -0.3 is 10.2 Å². The molecule has 0 radical (unpaired) electrons. The third-order valence-corrected chi connectivity index (χ3v) is 6.19. The number of fused-ring (bicyclic) bond motifs is 1. The number of thioether (sulfide) groups is 1. The monoisotopic (exact) mass is 360 g/mol. The second kappa shape index (κ2) is 7.40. The average molecular weight is 361 g/mol. The minimum absolute atomic E-state index is 0.0192. The Hall–Kier alpha value is -1.49. The molecule has 3 rings (SSSR count). The SMILES string of the molecule is CC(C)(C)C(=O)N1CCC(C(=O)NC2CCSc3ccccc32)CC1. The van der Waals surface area contributed by atoms with E-state index in [0.717, 1.165) is 25.0 Å². The normalized spacial score (nSPS) is 21.6. The molecule has 1 atom stereocenters. The van der Waals surface area contributed by atoms with Gasteiger partial charge in [-0.15, -0.1) is 11.8 Å². The van der Waals surface area contributed by atoms with Gasteiger partial charge in [0.25, 0.3) is 0 Å². The van der Waals surface area contributed by atoms with Crippen LogP contribution >= 0.6 is 11.8 Å². The molecule has 0 saturated carbocycles. The van der Waals surface area contributed by atoms with Crippen LogP contribution in [0.25, 0.3) is 0 Å². The van der Waals surface area contributed by atoms with Crippen LogP contribution in [0.1, 0.15) is 51.6 Å². The summed E-state index contributed by atoms with van der Waals surface area (Å²) in [5.41, 5.74) is 0.894. The molecular formula is C20H28N2O2S. The van der Waals surface area contributed by atoms with Crippen molar-refractivity contribution in [2.45, 2.75) is 51.0 Å². The fourth-order valence-corrected chi connectivity index (χ4v) is 4.73. The van der Waals surface area contributed by atoms with Crippen molar-refractivity contribution in [2.24, 2.45) is 11.3 Å². The van der Waals surface area contributed by atoms with Crippen LogP contribution in [0.2, 0.25) is 0 Å². The summed E-state index contributed by atoms with van der Waals surface area (Å²) >= 11 is 1.87. The summed E-state index contributed by atoms with van der Waals surface area (Å²) in [6.45, 7) is 7.22. The highest BCUT2D eigenvalue weighted by molar-refractivity contribution is 7.99. The molecule has 1 N–H and O–H groups in total. The molecule has 2 heterocycles. The molecule has 25 heavy (non-hydrogen) atoms. The first-order chi connectivity index (χ1) is 11.9. The van der Waals surface area contributed by atoms with Gasteiger partial charge in [-0.3, -0.25) is 9.59 Å². The average Bonchev–Trinajstić information content (AvgIpc) is 2.61. The maximum Gasteiger partial charge on any atom is 0.227 e. The van der Waals surface area contributed by atoms with Crippen LogP contribution in [-0.4, -0.2) is 35.6 Å². The van der Waals surface area contributed by atoms with Crippen molar-refractivity contribution >= 4 is 23.6 Å². The highest BCUT2D eigenvalue weighted by Crippen LogP contribution is 2.36. The van der Waals surface area contributed by atoms with Crippen LogP contribution < -0.4 is 5.32 Å².